The molecule has 0 fully saturated rings. The van der Waals surface area contributed by atoms with E-state index >= 15 is 0 Å². The van der Waals surface area contributed by atoms with E-state index in [-0.39, 0.29) is 6.61 Å². The molecule has 110 valence electrons. The predicted molar refractivity (Wildman–Crippen MR) is 85.1 cm³/mol. The standard InChI is InChI=1S/C17H13NO3S/c19-17(9-8-13-5-2-1-3-6-13)20-12-14-11-15(21-18-14)16-7-4-10-22-16/h1-11H,12H2/b9-8+. The van der Waals surface area contributed by atoms with Crippen molar-refractivity contribution in [1.29, 1.82) is 0 Å². The van der Waals surface area contributed by atoms with Crippen LogP contribution in [0.4, 0.5) is 0 Å². The Hall–Kier alpha value is -2.66. The van der Waals surface area contributed by atoms with E-state index in [0.717, 1.165) is 10.4 Å². The molecule has 5 heteroatoms. The van der Waals surface area contributed by atoms with Gasteiger partial charge in [0.1, 0.15) is 12.3 Å². The van der Waals surface area contributed by atoms with Crippen LogP contribution in [0.15, 0.2) is 64.5 Å². The summed E-state index contributed by atoms with van der Waals surface area (Å²) in [5, 5.41) is 5.86. The van der Waals surface area contributed by atoms with E-state index in [1.807, 2.05) is 47.8 Å². The summed E-state index contributed by atoms with van der Waals surface area (Å²) >= 11 is 1.57. The monoisotopic (exact) mass is 311 g/mol. The van der Waals surface area contributed by atoms with Crippen LogP contribution in [0, 0.1) is 0 Å². The van der Waals surface area contributed by atoms with Gasteiger partial charge in [0.05, 0.1) is 4.88 Å². The van der Waals surface area contributed by atoms with Gasteiger partial charge in [-0.05, 0) is 23.1 Å². The van der Waals surface area contributed by atoms with Crippen LogP contribution < -0.4 is 0 Å². The Balaban J connectivity index is 1.54. The van der Waals surface area contributed by atoms with Crippen LogP contribution in [0.1, 0.15) is 11.3 Å². The number of benzene rings is 1. The maximum Gasteiger partial charge on any atom is 0.331 e. The molecule has 4 nitrogen and oxygen atoms in total. The minimum atomic E-state index is -0.412. The highest BCUT2D eigenvalue weighted by Gasteiger charge is 2.08. The van der Waals surface area contributed by atoms with Gasteiger partial charge in [0.2, 0.25) is 0 Å². The van der Waals surface area contributed by atoms with Crippen molar-refractivity contribution in [2.24, 2.45) is 0 Å². The lowest BCUT2D eigenvalue weighted by Gasteiger charge is -1.97. The first-order valence-corrected chi connectivity index (χ1v) is 7.58. The van der Waals surface area contributed by atoms with Gasteiger partial charge in [-0.3, -0.25) is 0 Å². The molecular formula is C17H13NO3S. The number of nitrogens with zero attached hydrogens (tertiary/aromatic N) is 1. The number of carbonyl (C=O) groups is 1. The molecule has 0 saturated carbocycles. The number of rotatable bonds is 5. The summed E-state index contributed by atoms with van der Waals surface area (Å²) in [6.07, 6.45) is 3.11. The van der Waals surface area contributed by atoms with Crippen molar-refractivity contribution in [3.63, 3.8) is 0 Å². The third kappa shape index (κ3) is 3.71. The van der Waals surface area contributed by atoms with E-state index in [0.29, 0.717) is 11.5 Å². The quantitative estimate of drug-likeness (QED) is 0.524. The molecule has 0 amide bonds. The molecule has 2 heterocycles. The van der Waals surface area contributed by atoms with Gasteiger partial charge in [0, 0.05) is 12.1 Å². The van der Waals surface area contributed by atoms with Crippen molar-refractivity contribution >= 4 is 23.4 Å². The van der Waals surface area contributed by atoms with Crippen LogP contribution >= 0.6 is 11.3 Å². The van der Waals surface area contributed by atoms with Crippen LogP contribution in [0.3, 0.4) is 0 Å². The van der Waals surface area contributed by atoms with E-state index in [1.165, 1.54) is 6.08 Å². The molecule has 0 aliphatic carbocycles. The van der Waals surface area contributed by atoms with Gasteiger partial charge in [0.25, 0.3) is 0 Å². The molecule has 0 spiro atoms. The molecule has 2 aromatic heterocycles. The first kappa shape index (κ1) is 14.3. The predicted octanol–water partition coefficient (Wildman–Crippen LogP) is 4.16. The second-order valence-corrected chi connectivity index (χ2v) is 5.46. The van der Waals surface area contributed by atoms with Gasteiger partial charge in [-0.15, -0.1) is 11.3 Å². The van der Waals surface area contributed by atoms with E-state index in [9.17, 15) is 4.79 Å². The number of hydrogen-bond acceptors (Lipinski definition) is 5. The van der Waals surface area contributed by atoms with Crippen molar-refractivity contribution < 1.29 is 14.1 Å². The smallest absolute Gasteiger partial charge is 0.331 e. The maximum absolute atomic E-state index is 11.7. The van der Waals surface area contributed by atoms with E-state index < -0.39 is 5.97 Å². The molecule has 0 aliphatic rings. The Morgan fingerprint density at radius 2 is 2.09 bits per heavy atom. The molecule has 0 N–H and O–H groups in total. The highest BCUT2D eigenvalue weighted by atomic mass is 32.1. The Bertz CT molecular complexity index is 760. The lowest BCUT2D eigenvalue weighted by atomic mass is 10.2. The normalized spacial score (nSPS) is 10.9. The Morgan fingerprint density at radius 3 is 2.86 bits per heavy atom. The minimum Gasteiger partial charge on any atom is -0.456 e. The number of esters is 1. The Labute approximate surface area is 131 Å². The first-order valence-electron chi connectivity index (χ1n) is 6.70. The lowest BCUT2D eigenvalue weighted by molar-refractivity contribution is -0.139. The number of thiophene rings is 1. The summed E-state index contributed by atoms with van der Waals surface area (Å²) in [5.74, 6) is 0.269. The van der Waals surface area contributed by atoms with Crippen molar-refractivity contribution in [3.8, 4) is 10.6 Å². The van der Waals surface area contributed by atoms with Crippen molar-refractivity contribution in [1.82, 2.24) is 5.16 Å². The van der Waals surface area contributed by atoms with E-state index in [1.54, 1.807) is 23.5 Å². The molecule has 0 saturated heterocycles. The third-order valence-corrected chi connectivity index (χ3v) is 3.78. The maximum atomic E-state index is 11.7. The molecule has 0 radical (unpaired) electrons. The fourth-order valence-corrected chi connectivity index (χ4v) is 2.51. The highest BCUT2D eigenvalue weighted by Crippen LogP contribution is 2.25. The van der Waals surface area contributed by atoms with Crippen LogP contribution in [-0.4, -0.2) is 11.1 Å². The summed E-state index contributed by atoms with van der Waals surface area (Å²) in [7, 11) is 0. The summed E-state index contributed by atoms with van der Waals surface area (Å²) in [4.78, 5) is 12.7. The van der Waals surface area contributed by atoms with Crippen LogP contribution in [0.25, 0.3) is 16.7 Å². The van der Waals surface area contributed by atoms with Crippen molar-refractivity contribution in [2.75, 3.05) is 0 Å². The SMILES string of the molecule is O=C(/C=C/c1ccccc1)OCc1cc(-c2cccs2)on1. The van der Waals surface area contributed by atoms with Gasteiger partial charge in [-0.25, -0.2) is 4.79 Å². The molecule has 0 aliphatic heterocycles. The summed E-state index contributed by atoms with van der Waals surface area (Å²) in [5.41, 5.74) is 1.53. The third-order valence-electron chi connectivity index (χ3n) is 2.90. The molecule has 1 aromatic carbocycles. The second-order valence-electron chi connectivity index (χ2n) is 4.51. The van der Waals surface area contributed by atoms with Gasteiger partial charge in [-0.2, -0.15) is 0 Å². The fraction of sp³-hybridized carbons (Fsp3) is 0.0588. The van der Waals surface area contributed by atoms with Gasteiger partial charge in [0.15, 0.2) is 5.76 Å². The molecule has 0 bridgehead atoms. The Kier molecular flexibility index (Phi) is 4.46. The van der Waals surface area contributed by atoms with E-state index in [2.05, 4.69) is 5.16 Å². The van der Waals surface area contributed by atoms with Crippen LogP contribution in [0.2, 0.25) is 0 Å². The average Bonchev–Trinajstić information content (AvgIpc) is 3.22. The number of aromatic nitrogens is 1. The van der Waals surface area contributed by atoms with E-state index in [4.69, 9.17) is 9.26 Å². The molecular weight excluding hydrogens is 298 g/mol. The zero-order valence-corrected chi connectivity index (χ0v) is 12.5. The molecule has 0 atom stereocenters. The fourth-order valence-electron chi connectivity index (χ4n) is 1.84. The van der Waals surface area contributed by atoms with Gasteiger partial charge in [-0.1, -0.05) is 41.6 Å². The second kappa shape index (κ2) is 6.87. The number of ether oxygens (including phenoxy) is 1. The van der Waals surface area contributed by atoms with Crippen LogP contribution in [-0.2, 0) is 16.1 Å². The zero-order chi connectivity index (χ0) is 15.2. The van der Waals surface area contributed by atoms with Crippen LogP contribution in [0.5, 0.6) is 0 Å². The topological polar surface area (TPSA) is 52.3 Å². The lowest BCUT2D eigenvalue weighted by Crippen LogP contribution is -2.00. The zero-order valence-electron chi connectivity index (χ0n) is 11.6. The Morgan fingerprint density at radius 1 is 1.23 bits per heavy atom. The molecule has 0 unspecified atom stereocenters. The largest absolute Gasteiger partial charge is 0.456 e. The summed E-state index contributed by atoms with van der Waals surface area (Å²) in [6, 6.07) is 15.2. The number of hydrogen-bond donors (Lipinski definition) is 0. The van der Waals surface area contributed by atoms with Crippen molar-refractivity contribution in [3.05, 3.63) is 71.2 Å². The van der Waals surface area contributed by atoms with Crippen molar-refractivity contribution in [2.45, 2.75) is 6.61 Å². The summed E-state index contributed by atoms with van der Waals surface area (Å²) < 4.78 is 10.4. The minimum absolute atomic E-state index is 0.0901. The van der Waals surface area contributed by atoms with Gasteiger partial charge < -0.3 is 9.26 Å². The summed E-state index contributed by atoms with van der Waals surface area (Å²) in [6.45, 7) is 0.0901. The molecule has 3 rings (SSSR count). The van der Waals surface area contributed by atoms with Gasteiger partial charge >= 0.3 is 5.97 Å². The first-order chi connectivity index (χ1) is 10.8. The average molecular weight is 311 g/mol. The molecule has 22 heavy (non-hydrogen) atoms. The highest BCUT2D eigenvalue weighted by molar-refractivity contribution is 7.13. The number of carbonyl (C=O) groups excluding carboxylic acids is 1. The molecule has 3 aromatic rings.